The van der Waals surface area contributed by atoms with E-state index in [2.05, 4.69) is 71.9 Å². The molecule has 1 aliphatic rings. The van der Waals surface area contributed by atoms with Crippen LogP contribution in [0.2, 0.25) is 0 Å². The largest absolute Gasteiger partial charge is 0.370 e. The fourth-order valence-electron chi connectivity index (χ4n) is 2.37. The van der Waals surface area contributed by atoms with Gasteiger partial charge in [-0.25, -0.2) is 0 Å². The van der Waals surface area contributed by atoms with Gasteiger partial charge in [0.2, 0.25) is 0 Å². The minimum atomic E-state index is 0.774. The van der Waals surface area contributed by atoms with Gasteiger partial charge in [0.1, 0.15) is 0 Å². The zero-order valence-corrected chi connectivity index (χ0v) is 12.0. The first-order valence-corrected chi connectivity index (χ1v) is 7.38. The van der Waals surface area contributed by atoms with Gasteiger partial charge in [-0.05, 0) is 36.1 Å². The molecule has 0 saturated heterocycles. The Balaban J connectivity index is 1.58. The molecule has 0 aliphatic heterocycles. The van der Waals surface area contributed by atoms with Crippen LogP contribution in [-0.2, 0) is 13.1 Å². The maximum atomic E-state index is 3.55. The number of hydrogen-bond donors (Lipinski definition) is 1. The number of benzene rings is 2. The molecule has 1 fully saturated rings. The van der Waals surface area contributed by atoms with Crippen LogP contribution in [0.1, 0.15) is 24.0 Å². The second kappa shape index (κ2) is 6.10. The third-order valence-corrected chi connectivity index (χ3v) is 3.81. The first-order chi connectivity index (χ1) is 9.81. The quantitative estimate of drug-likeness (QED) is 0.860. The van der Waals surface area contributed by atoms with Crippen molar-refractivity contribution in [3.63, 3.8) is 0 Å². The van der Waals surface area contributed by atoms with Gasteiger partial charge in [0.05, 0.1) is 0 Å². The van der Waals surface area contributed by atoms with Crippen molar-refractivity contribution in [2.75, 3.05) is 11.9 Å². The highest BCUT2D eigenvalue weighted by atomic mass is 15.1. The number of nitrogens with zero attached hydrogens (tertiary/aromatic N) is 1. The first-order valence-electron chi connectivity index (χ1n) is 7.38. The molecular weight excluding hydrogens is 244 g/mol. The van der Waals surface area contributed by atoms with Crippen LogP contribution in [0.5, 0.6) is 0 Å². The Morgan fingerprint density at radius 3 is 2.30 bits per heavy atom. The van der Waals surface area contributed by atoms with Crippen molar-refractivity contribution in [2.45, 2.75) is 32.0 Å². The van der Waals surface area contributed by atoms with E-state index in [1.807, 2.05) is 0 Å². The molecule has 2 aromatic rings. The summed E-state index contributed by atoms with van der Waals surface area (Å²) in [6.45, 7) is 1.94. The summed E-state index contributed by atoms with van der Waals surface area (Å²) in [7, 11) is 2.14. The van der Waals surface area contributed by atoms with Crippen molar-refractivity contribution < 1.29 is 0 Å². The molecule has 0 unspecified atom stereocenters. The highest BCUT2D eigenvalue weighted by Crippen LogP contribution is 2.20. The lowest BCUT2D eigenvalue weighted by atomic mass is 10.1. The van der Waals surface area contributed by atoms with Gasteiger partial charge < -0.3 is 10.2 Å². The van der Waals surface area contributed by atoms with E-state index in [4.69, 9.17) is 0 Å². The molecule has 2 nitrogen and oxygen atoms in total. The van der Waals surface area contributed by atoms with Gasteiger partial charge >= 0.3 is 0 Å². The summed E-state index contributed by atoms with van der Waals surface area (Å²) >= 11 is 0. The van der Waals surface area contributed by atoms with E-state index in [0.29, 0.717) is 0 Å². The number of anilines is 1. The van der Waals surface area contributed by atoms with Crippen molar-refractivity contribution >= 4 is 5.69 Å². The molecule has 0 heterocycles. The third kappa shape index (κ3) is 3.61. The second-order valence-corrected chi connectivity index (χ2v) is 5.66. The predicted molar refractivity (Wildman–Crippen MR) is 84.9 cm³/mol. The topological polar surface area (TPSA) is 15.3 Å². The van der Waals surface area contributed by atoms with Gasteiger partial charge in [0.25, 0.3) is 0 Å². The summed E-state index contributed by atoms with van der Waals surface area (Å²) < 4.78 is 0. The Bertz CT molecular complexity index is 529. The molecule has 0 bridgehead atoms. The van der Waals surface area contributed by atoms with Crippen LogP contribution in [-0.4, -0.2) is 13.1 Å². The van der Waals surface area contributed by atoms with Crippen LogP contribution in [0.4, 0.5) is 5.69 Å². The van der Waals surface area contributed by atoms with Crippen molar-refractivity contribution in [2.24, 2.45) is 0 Å². The Labute approximate surface area is 121 Å². The van der Waals surface area contributed by atoms with Gasteiger partial charge in [0.15, 0.2) is 0 Å². The maximum Gasteiger partial charge on any atom is 0.0426 e. The van der Waals surface area contributed by atoms with Crippen molar-refractivity contribution in [3.8, 4) is 0 Å². The number of hydrogen-bond acceptors (Lipinski definition) is 2. The fourth-order valence-corrected chi connectivity index (χ4v) is 2.37. The summed E-state index contributed by atoms with van der Waals surface area (Å²) in [4.78, 5) is 2.29. The molecule has 20 heavy (non-hydrogen) atoms. The van der Waals surface area contributed by atoms with E-state index in [1.54, 1.807) is 0 Å². The average Bonchev–Trinajstić information content (AvgIpc) is 3.31. The van der Waals surface area contributed by atoms with Gasteiger partial charge in [-0.2, -0.15) is 0 Å². The molecule has 0 amide bonds. The summed E-state index contributed by atoms with van der Waals surface area (Å²) in [6, 6.07) is 20.2. The minimum Gasteiger partial charge on any atom is -0.370 e. The molecule has 1 N–H and O–H groups in total. The number of nitrogens with one attached hydrogen (secondary N) is 1. The van der Waals surface area contributed by atoms with Crippen LogP contribution >= 0.6 is 0 Å². The highest BCUT2D eigenvalue weighted by molar-refractivity contribution is 5.47. The zero-order chi connectivity index (χ0) is 13.8. The maximum absolute atomic E-state index is 3.55. The predicted octanol–water partition coefficient (Wildman–Crippen LogP) is 3.58. The smallest absolute Gasteiger partial charge is 0.0426 e. The molecule has 0 spiro atoms. The van der Waals surface area contributed by atoms with Crippen LogP contribution in [0.25, 0.3) is 0 Å². The van der Waals surface area contributed by atoms with Gasteiger partial charge in [-0.3, -0.25) is 0 Å². The van der Waals surface area contributed by atoms with Gasteiger partial charge in [-0.1, -0.05) is 42.5 Å². The third-order valence-electron chi connectivity index (χ3n) is 3.81. The lowest BCUT2D eigenvalue weighted by Gasteiger charge is -2.19. The van der Waals surface area contributed by atoms with Crippen LogP contribution in [0.15, 0.2) is 54.6 Å². The van der Waals surface area contributed by atoms with Crippen molar-refractivity contribution in [1.29, 1.82) is 0 Å². The molecule has 0 aromatic heterocycles. The van der Waals surface area contributed by atoms with Gasteiger partial charge in [0, 0.05) is 31.9 Å². The highest BCUT2D eigenvalue weighted by Gasteiger charge is 2.19. The summed E-state index contributed by atoms with van der Waals surface area (Å²) in [5, 5.41) is 3.55. The monoisotopic (exact) mass is 266 g/mol. The van der Waals surface area contributed by atoms with Crippen LogP contribution in [0.3, 0.4) is 0 Å². The lowest BCUT2D eigenvalue weighted by Crippen LogP contribution is -2.17. The Kier molecular flexibility index (Phi) is 4.03. The van der Waals surface area contributed by atoms with Crippen LogP contribution in [0, 0.1) is 0 Å². The van der Waals surface area contributed by atoms with E-state index in [1.165, 1.54) is 29.7 Å². The van der Waals surface area contributed by atoms with E-state index >= 15 is 0 Å². The number of rotatable bonds is 6. The molecule has 0 atom stereocenters. The summed E-state index contributed by atoms with van der Waals surface area (Å²) in [6.07, 6.45) is 2.69. The standard InChI is InChI=1S/C18H22N2/c1-20(14-16-5-3-2-4-6-16)18-11-7-15(8-12-18)13-19-17-9-10-17/h2-8,11-12,17,19H,9-10,13-14H2,1H3. The summed E-state index contributed by atoms with van der Waals surface area (Å²) in [5.74, 6) is 0. The fraction of sp³-hybridized carbons (Fsp3) is 0.333. The SMILES string of the molecule is CN(Cc1ccccc1)c1ccc(CNC2CC2)cc1. The molecule has 2 heteroatoms. The average molecular weight is 266 g/mol. The van der Waals surface area contributed by atoms with E-state index in [-0.39, 0.29) is 0 Å². The van der Waals surface area contributed by atoms with Crippen molar-refractivity contribution in [1.82, 2.24) is 5.32 Å². The van der Waals surface area contributed by atoms with Crippen LogP contribution < -0.4 is 10.2 Å². The van der Waals surface area contributed by atoms with E-state index in [9.17, 15) is 0 Å². The zero-order valence-electron chi connectivity index (χ0n) is 12.0. The molecule has 2 aromatic carbocycles. The molecule has 104 valence electrons. The van der Waals surface area contributed by atoms with E-state index < -0.39 is 0 Å². The molecular formula is C18H22N2. The molecule has 0 radical (unpaired) electrons. The lowest BCUT2D eigenvalue weighted by molar-refractivity contribution is 0.688. The van der Waals surface area contributed by atoms with Gasteiger partial charge in [-0.15, -0.1) is 0 Å². The van der Waals surface area contributed by atoms with E-state index in [0.717, 1.165) is 19.1 Å². The summed E-state index contributed by atoms with van der Waals surface area (Å²) in [5.41, 5.74) is 3.98. The Morgan fingerprint density at radius 1 is 0.950 bits per heavy atom. The minimum absolute atomic E-state index is 0.774. The Hall–Kier alpha value is -1.80. The normalized spacial score (nSPS) is 14.2. The molecule has 3 rings (SSSR count). The second-order valence-electron chi connectivity index (χ2n) is 5.66. The molecule has 1 aliphatic carbocycles. The van der Waals surface area contributed by atoms with Crippen molar-refractivity contribution in [3.05, 3.63) is 65.7 Å². The Morgan fingerprint density at radius 2 is 1.65 bits per heavy atom. The first kappa shape index (κ1) is 13.2. The molecule has 1 saturated carbocycles.